The number of rotatable bonds is 6. The molecular weight excluding hydrogens is 415 g/mol. The molecule has 1 unspecified atom stereocenters. The number of halogens is 2. The van der Waals surface area contributed by atoms with Crippen LogP contribution in [0.3, 0.4) is 0 Å². The first-order valence-corrected chi connectivity index (χ1v) is 10.2. The number of aromatic nitrogens is 1. The highest BCUT2D eigenvalue weighted by Crippen LogP contribution is 2.18. The average molecular weight is 449 g/mol. The fraction of sp³-hybridized carbons (Fsp3) is 0.700. The van der Waals surface area contributed by atoms with Gasteiger partial charge in [0.15, 0.2) is 0 Å². The molecule has 1 atom stereocenters. The zero-order valence-electron chi connectivity index (χ0n) is 17.1. The molecule has 1 aromatic rings. The van der Waals surface area contributed by atoms with Gasteiger partial charge >= 0.3 is 0 Å². The molecule has 0 aromatic carbocycles. The first-order valence-electron chi connectivity index (χ1n) is 10.2. The van der Waals surface area contributed by atoms with E-state index in [4.69, 9.17) is 0 Å². The number of hydrogen-bond acceptors (Lipinski definition) is 5. The highest BCUT2D eigenvalue weighted by molar-refractivity contribution is 5.95. The number of piperidine rings is 2. The molecule has 1 amide bonds. The summed E-state index contributed by atoms with van der Waals surface area (Å²) in [5.74, 6) is -0.293. The number of aliphatic hydroxyl groups excluding tert-OH is 1. The first-order chi connectivity index (χ1) is 13.1. The van der Waals surface area contributed by atoms with Gasteiger partial charge in [0.2, 0.25) is 0 Å². The minimum absolute atomic E-state index is 0. The summed E-state index contributed by atoms with van der Waals surface area (Å²) in [6.07, 6.45) is 6.91. The standard InChI is InChI=1S/C20H32N4O3.2ClH/c1-15-7-12-24(16-5-8-21-9-6-16)20(27)18(15)19(26)22-10-13-23-11-3-2-4-17(23)14-25;;/h7,12,16-17,21,25H,2-6,8-11,13-14H2,1H3,(H,22,26);2*1H. The van der Waals surface area contributed by atoms with E-state index >= 15 is 0 Å². The highest BCUT2D eigenvalue weighted by atomic mass is 35.5. The lowest BCUT2D eigenvalue weighted by Gasteiger charge is -2.34. The second kappa shape index (κ2) is 12.5. The number of carbonyl (C=O) groups is 1. The van der Waals surface area contributed by atoms with Gasteiger partial charge in [-0.15, -0.1) is 24.8 Å². The number of likely N-dealkylation sites (tertiary alicyclic amines) is 1. The molecule has 2 aliphatic heterocycles. The van der Waals surface area contributed by atoms with E-state index in [9.17, 15) is 14.7 Å². The molecule has 3 N–H and O–H groups in total. The molecule has 2 fully saturated rings. The number of pyridine rings is 1. The number of aliphatic hydroxyl groups is 1. The third-order valence-electron chi connectivity index (χ3n) is 5.90. The summed E-state index contributed by atoms with van der Waals surface area (Å²) in [7, 11) is 0. The molecule has 0 aliphatic carbocycles. The maximum Gasteiger partial charge on any atom is 0.263 e. The fourth-order valence-corrected chi connectivity index (χ4v) is 4.25. The van der Waals surface area contributed by atoms with Crippen LogP contribution >= 0.6 is 24.8 Å². The molecule has 29 heavy (non-hydrogen) atoms. The van der Waals surface area contributed by atoms with Crippen LogP contribution in [0.4, 0.5) is 0 Å². The van der Waals surface area contributed by atoms with E-state index in [1.54, 1.807) is 4.57 Å². The van der Waals surface area contributed by atoms with Crippen molar-refractivity contribution in [1.82, 2.24) is 20.1 Å². The van der Waals surface area contributed by atoms with Crippen molar-refractivity contribution in [3.63, 3.8) is 0 Å². The van der Waals surface area contributed by atoms with Gasteiger partial charge in [-0.2, -0.15) is 0 Å². The molecule has 0 spiro atoms. The van der Waals surface area contributed by atoms with Crippen molar-refractivity contribution < 1.29 is 9.90 Å². The minimum Gasteiger partial charge on any atom is -0.395 e. The summed E-state index contributed by atoms with van der Waals surface area (Å²) in [4.78, 5) is 27.9. The Morgan fingerprint density at radius 2 is 1.97 bits per heavy atom. The summed E-state index contributed by atoms with van der Waals surface area (Å²) in [5, 5.41) is 15.7. The number of hydrogen-bond donors (Lipinski definition) is 3. The lowest BCUT2D eigenvalue weighted by atomic mass is 10.0. The Morgan fingerprint density at radius 1 is 1.24 bits per heavy atom. The molecule has 1 aromatic heterocycles. The van der Waals surface area contributed by atoms with Crippen molar-refractivity contribution in [2.45, 2.75) is 51.1 Å². The normalized spacial score (nSPS) is 20.4. The van der Waals surface area contributed by atoms with E-state index in [0.29, 0.717) is 18.7 Å². The summed E-state index contributed by atoms with van der Waals surface area (Å²) in [6.45, 7) is 5.90. The fourth-order valence-electron chi connectivity index (χ4n) is 4.25. The Labute approximate surface area is 185 Å². The van der Waals surface area contributed by atoms with E-state index in [1.165, 1.54) is 0 Å². The molecule has 0 saturated carbocycles. The van der Waals surface area contributed by atoms with Crippen molar-refractivity contribution in [3.8, 4) is 0 Å². The van der Waals surface area contributed by atoms with Gasteiger partial charge in [0.25, 0.3) is 11.5 Å². The van der Waals surface area contributed by atoms with Gasteiger partial charge in [0.1, 0.15) is 5.56 Å². The summed E-state index contributed by atoms with van der Waals surface area (Å²) < 4.78 is 1.73. The van der Waals surface area contributed by atoms with Crippen LogP contribution in [0.25, 0.3) is 0 Å². The largest absolute Gasteiger partial charge is 0.395 e. The second-order valence-corrected chi connectivity index (χ2v) is 7.69. The van der Waals surface area contributed by atoms with E-state index < -0.39 is 0 Å². The van der Waals surface area contributed by atoms with Crippen LogP contribution in [0.1, 0.15) is 54.1 Å². The van der Waals surface area contributed by atoms with Crippen LogP contribution in [0.15, 0.2) is 17.1 Å². The Bertz CT molecular complexity index is 707. The van der Waals surface area contributed by atoms with Crippen LogP contribution in [-0.2, 0) is 0 Å². The van der Waals surface area contributed by atoms with Gasteiger partial charge in [0.05, 0.1) is 6.61 Å². The Kier molecular flexibility index (Phi) is 11.2. The zero-order valence-corrected chi connectivity index (χ0v) is 18.7. The molecule has 0 radical (unpaired) electrons. The number of nitrogens with zero attached hydrogens (tertiary/aromatic N) is 2. The van der Waals surface area contributed by atoms with Gasteiger partial charge in [-0.05, 0) is 63.9 Å². The Morgan fingerprint density at radius 3 is 2.66 bits per heavy atom. The van der Waals surface area contributed by atoms with Crippen LogP contribution < -0.4 is 16.2 Å². The molecule has 2 saturated heterocycles. The lowest BCUT2D eigenvalue weighted by molar-refractivity contribution is 0.0847. The van der Waals surface area contributed by atoms with Crippen LogP contribution in [0.5, 0.6) is 0 Å². The van der Waals surface area contributed by atoms with Crippen molar-refractivity contribution in [2.24, 2.45) is 0 Å². The Hall–Kier alpha value is -1.12. The number of amides is 1. The SMILES string of the molecule is Cc1ccn(C2CCNCC2)c(=O)c1C(=O)NCCN1CCCCC1CO.Cl.Cl. The predicted octanol–water partition coefficient (Wildman–Crippen LogP) is 1.50. The van der Waals surface area contributed by atoms with Crippen molar-refractivity contribution in [2.75, 3.05) is 39.3 Å². The molecular formula is C20H34Cl2N4O3. The maximum atomic E-state index is 12.9. The first kappa shape index (κ1) is 25.9. The molecule has 9 heteroatoms. The van der Waals surface area contributed by atoms with Gasteiger partial charge in [0, 0.05) is 31.4 Å². The smallest absolute Gasteiger partial charge is 0.263 e. The molecule has 166 valence electrons. The van der Waals surface area contributed by atoms with Crippen LogP contribution in [0, 0.1) is 6.92 Å². The topological polar surface area (TPSA) is 86.6 Å². The number of aryl methyl sites for hydroxylation is 1. The predicted molar refractivity (Wildman–Crippen MR) is 120 cm³/mol. The molecule has 2 aliphatic rings. The average Bonchev–Trinajstić information content (AvgIpc) is 2.69. The summed E-state index contributed by atoms with van der Waals surface area (Å²) in [6, 6.07) is 2.21. The lowest BCUT2D eigenvalue weighted by Crippen LogP contribution is -2.46. The van der Waals surface area contributed by atoms with Crippen LogP contribution in [-0.4, -0.2) is 65.9 Å². The molecule has 3 rings (SSSR count). The molecule has 7 nitrogen and oxygen atoms in total. The Balaban J connectivity index is 0.00000210. The van der Waals surface area contributed by atoms with E-state index in [2.05, 4.69) is 15.5 Å². The van der Waals surface area contributed by atoms with E-state index in [-0.39, 0.29) is 60.5 Å². The van der Waals surface area contributed by atoms with Gasteiger partial charge < -0.3 is 20.3 Å². The quantitative estimate of drug-likeness (QED) is 0.613. The number of nitrogens with one attached hydrogen (secondary N) is 2. The van der Waals surface area contributed by atoms with Crippen molar-refractivity contribution in [1.29, 1.82) is 0 Å². The summed E-state index contributed by atoms with van der Waals surface area (Å²) >= 11 is 0. The van der Waals surface area contributed by atoms with Crippen molar-refractivity contribution in [3.05, 3.63) is 33.7 Å². The minimum atomic E-state index is -0.293. The van der Waals surface area contributed by atoms with E-state index in [1.807, 2.05) is 19.2 Å². The van der Waals surface area contributed by atoms with E-state index in [0.717, 1.165) is 51.7 Å². The number of carbonyl (C=O) groups excluding carboxylic acids is 1. The van der Waals surface area contributed by atoms with Crippen molar-refractivity contribution >= 4 is 30.7 Å². The van der Waals surface area contributed by atoms with Crippen LogP contribution in [0.2, 0.25) is 0 Å². The second-order valence-electron chi connectivity index (χ2n) is 7.69. The third-order valence-corrected chi connectivity index (χ3v) is 5.90. The summed E-state index contributed by atoms with van der Waals surface area (Å²) in [5.41, 5.74) is 0.785. The highest BCUT2D eigenvalue weighted by Gasteiger charge is 2.23. The zero-order chi connectivity index (χ0) is 19.2. The monoisotopic (exact) mass is 448 g/mol. The van der Waals surface area contributed by atoms with Gasteiger partial charge in [-0.1, -0.05) is 6.42 Å². The van der Waals surface area contributed by atoms with Gasteiger partial charge in [-0.25, -0.2) is 0 Å². The molecule has 3 heterocycles. The van der Waals surface area contributed by atoms with Gasteiger partial charge in [-0.3, -0.25) is 14.5 Å². The third kappa shape index (κ3) is 6.43. The molecule has 0 bridgehead atoms. The maximum absolute atomic E-state index is 12.9.